The van der Waals surface area contributed by atoms with Gasteiger partial charge in [0.1, 0.15) is 6.61 Å². The van der Waals surface area contributed by atoms with Crippen molar-refractivity contribution >= 4 is 11.9 Å². The number of carbonyl (C=O) groups excluding carboxylic acids is 1. The second-order valence-corrected chi connectivity index (χ2v) is 5.05. The third kappa shape index (κ3) is 5.03. The van der Waals surface area contributed by atoms with Crippen molar-refractivity contribution in [1.82, 2.24) is 5.32 Å². The molecule has 0 radical (unpaired) electrons. The van der Waals surface area contributed by atoms with E-state index >= 15 is 0 Å². The van der Waals surface area contributed by atoms with Gasteiger partial charge in [0, 0.05) is 6.54 Å². The van der Waals surface area contributed by atoms with Gasteiger partial charge >= 0.3 is 5.97 Å². The van der Waals surface area contributed by atoms with Crippen LogP contribution in [0.5, 0.6) is 0 Å². The SMILES string of the molecule is CCC1C[C@H](C(=O)NCCOCC(F)F)[C@H](C(=O)O)C1. The van der Waals surface area contributed by atoms with Crippen LogP contribution < -0.4 is 5.32 Å². The predicted molar refractivity (Wildman–Crippen MR) is 67.5 cm³/mol. The van der Waals surface area contributed by atoms with Crippen LogP contribution in [0.1, 0.15) is 26.2 Å². The fourth-order valence-electron chi connectivity index (χ4n) is 2.59. The maximum atomic E-state index is 11.9. The van der Waals surface area contributed by atoms with Gasteiger partial charge in [0.25, 0.3) is 6.43 Å². The monoisotopic (exact) mass is 293 g/mol. The van der Waals surface area contributed by atoms with Gasteiger partial charge in [0.2, 0.25) is 5.91 Å². The molecule has 0 aliphatic heterocycles. The molecule has 0 bridgehead atoms. The summed E-state index contributed by atoms with van der Waals surface area (Å²) < 4.78 is 28.3. The Morgan fingerprint density at radius 3 is 2.55 bits per heavy atom. The van der Waals surface area contributed by atoms with E-state index in [0.717, 1.165) is 6.42 Å². The zero-order valence-corrected chi connectivity index (χ0v) is 11.5. The molecule has 0 saturated heterocycles. The van der Waals surface area contributed by atoms with Gasteiger partial charge in [-0.05, 0) is 18.8 Å². The fourth-order valence-corrected chi connectivity index (χ4v) is 2.59. The van der Waals surface area contributed by atoms with Gasteiger partial charge < -0.3 is 15.2 Å². The summed E-state index contributed by atoms with van der Waals surface area (Å²) in [5, 5.41) is 11.7. The summed E-state index contributed by atoms with van der Waals surface area (Å²) in [6.45, 7) is 1.43. The normalized spacial score (nSPS) is 25.9. The molecule has 20 heavy (non-hydrogen) atoms. The molecule has 1 aliphatic carbocycles. The highest BCUT2D eigenvalue weighted by Gasteiger charge is 2.41. The van der Waals surface area contributed by atoms with E-state index in [1.807, 2.05) is 6.92 Å². The third-order valence-corrected chi connectivity index (χ3v) is 3.68. The van der Waals surface area contributed by atoms with E-state index in [-0.39, 0.29) is 25.0 Å². The molecule has 1 rings (SSSR count). The number of hydrogen-bond acceptors (Lipinski definition) is 3. The van der Waals surface area contributed by atoms with E-state index in [9.17, 15) is 18.4 Å². The minimum absolute atomic E-state index is 0.00224. The number of nitrogens with one attached hydrogen (secondary N) is 1. The Kier molecular flexibility index (Phi) is 6.84. The van der Waals surface area contributed by atoms with Crippen molar-refractivity contribution in [3.63, 3.8) is 0 Å². The molecule has 5 nitrogen and oxygen atoms in total. The average Bonchev–Trinajstić information content (AvgIpc) is 2.82. The molecule has 1 saturated carbocycles. The van der Waals surface area contributed by atoms with Crippen molar-refractivity contribution < 1.29 is 28.2 Å². The Balaban J connectivity index is 2.35. The standard InChI is InChI=1S/C13H21F2NO4/c1-2-8-5-9(10(6-8)13(18)19)12(17)16-3-4-20-7-11(14)15/h8-11H,2-7H2,1H3,(H,16,17)(H,18,19)/t8?,9-,10+/m0/s1. The van der Waals surface area contributed by atoms with Crippen LogP contribution >= 0.6 is 0 Å². The molecule has 3 atom stereocenters. The molecular weight excluding hydrogens is 272 g/mol. The summed E-state index contributed by atoms with van der Waals surface area (Å²) in [4.78, 5) is 23.1. The van der Waals surface area contributed by atoms with Crippen molar-refractivity contribution in [2.24, 2.45) is 17.8 Å². The van der Waals surface area contributed by atoms with Gasteiger partial charge in [-0.3, -0.25) is 9.59 Å². The Labute approximate surface area is 116 Å². The molecule has 1 amide bonds. The summed E-state index contributed by atoms with van der Waals surface area (Å²) in [5.74, 6) is -2.21. The Bertz CT molecular complexity index is 338. The van der Waals surface area contributed by atoms with E-state index in [1.54, 1.807) is 0 Å². The predicted octanol–water partition coefficient (Wildman–Crippen LogP) is 1.52. The Morgan fingerprint density at radius 1 is 1.35 bits per heavy atom. The van der Waals surface area contributed by atoms with Gasteiger partial charge in [-0.25, -0.2) is 8.78 Å². The van der Waals surface area contributed by atoms with E-state index < -0.39 is 30.8 Å². The molecular formula is C13H21F2NO4. The van der Waals surface area contributed by atoms with E-state index in [0.29, 0.717) is 12.8 Å². The highest BCUT2D eigenvalue weighted by Crippen LogP contribution is 2.38. The smallest absolute Gasteiger partial charge is 0.307 e. The largest absolute Gasteiger partial charge is 0.481 e. The van der Waals surface area contributed by atoms with E-state index in [1.165, 1.54) is 0 Å². The maximum Gasteiger partial charge on any atom is 0.307 e. The Hall–Kier alpha value is -1.24. The van der Waals surface area contributed by atoms with Gasteiger partial charge in [0.05, 0.1) is 18.4 Å². The van der Waals surface area contributed by atoms with Crippen molar-refractivity contribution in [2.75, 3.05) is 19.8 Å². The molecule has 1 unspecified atom stereocenters. The van der Waals surface area contributed by atoms with Crippen molar-refractivity contribution in [3.8, 4) is 0 Å². The number of carboxylic acids is 1. The molecule has 0 aromatic heterocycles. The molecule has 0 aromatic rings. The lowest BCUT2D eigenvalue weighted by molar-refractivity contribution is -0.146. The first-order chi connectivity index (χ1) is 9.45. The molecule has 7 heteroatoms. The summed E-state index contributed by atoms with van der Waals surface area (Å²) in [7, 11) is 0. The topological polar surface area (TPSA) is 75.6 Å². The first-order valence-electron chi connectivity index (χ1n) is 6.82. The zero-order chi connectivity index (χ0) is 15.1. The number of rotatable bonds is 8. The molecule has 0 heterocycles. The van der Waals surface area contributed by atoms with Crippen LogP contribution in [0.3, 0.4) is 0 Å². The lowest BCUT2D eigenvalue weighted by atomic mass is 9.95. The number of amides is 1. The summed E-state index contributed by atoms with van der Waals surface area (Å²) in [6, 6.07) is 0. The van der Waals surface area contributed by atoms with Crippen molar-refractivity contribution in [3.05, 3.63) is 0 Å². The summed E-state index contributed by atoms with van der Waals surface area (Å²) in [5.41, 5.74) is 0. The van der Waals surface area contributed by atoms with Gasteiger partial charge in [-0.2, -0.15) is 0 Å². The van der Waals surface area contributed by atoms with Crippen LogP contribution in [-0.4, -0.2) is 43.2 Å². The van der Waals surface area contributed by atoms with Crippen LogP contribution in [0.15, 0.2) is 0 Å². The first-order valence-corrected chi connectivity index (χ1v) is 6.82. The number of alkyl halides is 2. The second-order valence-electron chi connectivity index (χ2n) is 5.05. The quantitative estimate of drug-likeness (QED) is 0.665. The van der Waals surface area contributed by atoms with Crippen LogP contribution in [0.2, 0.25) is 0 Å². The number of carbonyl (C=O) groups is 2. The lowest BCUT2D eigenvalue weighted by Crippen LogP contribution is -2.37. The molecule has 1 aliphatic rings. The van der Waals surface area contributed by atoms with Crippen LogP contribution in [0.4, 0.5) is 8.78 Å². The number of aliphatic carboxylic acids is 1. The van der Waals surface area contributed by atoms with Crippen molar-refractivity contribution in [2.45, 2.75) is 32.6 Å². The van der Waals surface area contributed by atoms with Gasteiger partial charge in [-0.1, -0.05) is 13.3 Å². The summed E-state index contributed by atoms with van der Waals surface area (Å²) in [6.07, 6.45) is -0.587. The third-order valence-electron chi connectivity index (χ3n) is 3.68. The second kappa shape index (κ2) is 8.14. The lowest BCUT2D eigenvalue weighted by Gasteiger charge is -2.15. The maximum absolute atomic E-state index is 11.9. The number of hydrogen-bond donors (Lipinski definition) is 2. The summed E-state index contributed by atoms with van der Waals surface area (Å²) >= 11 is 0. The van der Waals surface area contributed by atoms with Crippen LogP contribution in [-0.2, 0) is 14.3 Å². The highest BCUT2D eigenvalue weighted by atomic mass is 19.3. The average molecular weight is 293 g/mol. The number of ether oxygens (including phenoxy) is 1. The minimum atomic E-state index is -2.53. The zero-order valence-electron chi connectivity index (χ0n) is 11.5. The van der Waals surface area contributed by atoms with E-state index in [2.05, 4.69) is 10.1 Å². The first kappa shape index (κ1) is 16.8. The Morgan fingerprint density at radius 2 is 2.00 bits per heavy atom. The molecule has 2 N–H and O–H groups in total. The number of halogens is 2. The molecule has 0 spiro atoms. The van der Waals surface area contributed by atoms with Crippen molar-refractivity contribution in [1.29, 1.82) is 0 Å². The molecule has 0 aromatic carbocycles. The molecule has 116 valence electrons. The van der Waals surface area contributed by atoms with Crippen LogP contribution in [0.25, 0.3) is 0 Å². The highest BCUT2D eigenvalue weighted by molar-refractivity contribution is 5.85. The minimum Gasteiger partial charge on any atom is -0.481 e. The fraction of sp³-hybridized carbons (Fsp3) is 0.846. The van der Waals surface area contributed by atoms with Crippen LogP contribution in [0, 0.1) is 17.8 Å². The number of carboxylic acid groups (broad SMARTS) is 1. The van der Waals surface area contributed by atoms with Gasteiger partial charge in [-0.15, -0.1) is 0 Å². The van der Waals surface area contributed by atoms with E-state index in [4.69, 9.17) is 5.11 Å². The molecule has 1 fully saturated rings. The van der Waals surface area contributed by atoms with Gasteiger partial charge in [0.15, 0.2) is 0 Å².